The lowest BCUT2D eigenvalue weighted by Crippen LogP contribution is -2.21. The Labute approximate surface area is 196 Å². The molecule has 10 nitrogen and oxygen atoms in total. The summed E-state index contributed by atoms with van der Waals surface area (Å²) in [5.74, 6) is -0.134. The average molecular weight is 483 g/mol. The molecule has 1 aromatic carbocycles. The number of ether oxygens (including phenoxy) is 1. The van der Waals surface area contributed by atoms with Gasteiger partial charge in [0.15, 0.2) is 4.34 Å². The molecule has 0 spiro atoms. The number of aromatic nitrogens is 4. The first-order valence-corrected chi connectivity index (χ1v) is 11.4. The van der Waals surface area contributed by atoms with E-state index in [4.69, 9.17) is 4.74 Å². The zero-order valence-electron chi connectivity index (χ0n) is 17.6. The van der Waals surface area contributed by atoms with Crippen LogP contribution in [0.1, 0.15) is 21.6 Å². The third kappa shape index (κ3) is 5.35. The first kappa shape index (κ1) is 22.4. The number of para-hydroxylation sites is 1. The molecule has 3 heterocycles. The zero-order valence-corrected chi connectivity index (χ0v) is 19.2. The quantitative estimate of drug-likeness (QED) is 0.243. The number of benzene rings is 1. The first-order chi connectivity index (χ1) is 15.9. The number of hydrogen-bond acceptors (Lipinski definition) is 9. The lowest BCUT2D eigenvalue weighted by molar-refractivity contribution is 0.0602. The summed E-state index contributed by atoms with van der Waals surface area (Å²) < 4.78 is 6.82. The van der Waals surface area contributed by atoms with E-state index in [9.17, 15) is 14.4 Å². The summed E-state index contributed by atoms with van der Waals surface area (Å²) in [6, 6.07) is 11.1. The number of carbonyl (C=O) groups excluding carboxylic acids is 2. The van der Waals surface area contributed by atoms with E-state index >= 15 is 0 Å². The first-order valence-electron chi connectivity index (χ1n) is 9.63. The van der Waals surface area contributed by atoms with Crippen molar-refractivity contribution in [3.05, 3.63) is 75.8 Å². The van der Waals surface area contributed by atoms with Crippen LogP contribution in [0.3, 0.4) is 0 Å². The van der Waals surface area contributed by atoms with Gasteiger partial charge in [-0.1, -0.05) is 35.2 Å². The maximum Gasteiger partial charge on any atom is 0.339 e. The van der Waals surface area contributed by atoms with Crippen molar-refractivity contribution < 1.29 is 14.3 Å². The Balaban J connectivity index is 1.39. The van der Waals surface area contributed by atoms with Gasteiger partial charge in [0.25, 0.3) is 5.56 Å². The van der Waals surface area contributed by atoms with Crippen LogP contribution in [0.4, 0.5) is 15.6 Å². The van der Waals surface area contributed by atoms with Crippen molar-refractivity contribution in [2.24, 2.45) is 0 Å². The number of thioether (sulfide) groups is 1. The van der Waals surface area contributed by atoms with E-state index in [0.29, 0.717) is 27.1 Å². The van der Waals surface area contributed by atoms with Gasteiger partial charge in [-0.05, 0) is 36.8 Å². The fourth-order valence-corrected chi connectivity index (χ4v) is 4.55. The summed E-state index contributed by atoms with van der Waals surface area (Å²) >= 11 is 2.54. The summed E-state index contributed by atoms with van der Waals surface area (Å²) in [5, 5.41) is 13.5. The van der Waals surface area contributed by atoms with Crippen LogP contribution in [0.5, 0.6) is 0 Å². The number of esters is 1. The molecule has 2 amide bonds. The molecule has 4 aromatic rings. The molecule has 0 aliphatic rings. The molecular formula is C21H18N6O4S2. The standard InChI is InChI=1S/C21H18N6O4S2/c1-12-7-8-27-16(9-12)22-13(10-17(27)28)11-32-21-26-25-20(33-21)24-19(30)23-15-6-4-3-5-14(15)18(29)31-2/h3-10H,11H2,1-2H3,(H2,23,24,25,30). The molecule has 2 N–H and O–H groups in total. The second-order valence-electron chi connectivity index (χ2n) is 6.80. The van der Waals surface area contributed by atoms with E-state index in [-0.39, 0.29) is 16.3 Å². The van der Waals surface area contributed by atoms with Crippen molar-refractivity contribution >= 4 is 51.6 Å². The van der Waals surface area contributed by atoms with Gasteiger partial charge in [0, 0.05) is 18.0 Å². The predicted octanol–water partition coefficient (Wildman–Crippen LogP) is 3.58. The second-order valence-corrected chi connectivity index (χ2v) is 9.00. The number of carbonyl (C=O) groups is 2. The van der Waals surface area contributed by atoms with E-state index in [2.05, 4.69) is 25.8 Å². The number of aryl methyl sites for hydroxylation is 1. The molecule has 0 aliphatic heterocycles. The molecule has 0 radical (unpaired) electrons. The number of methoxy groups -OCH3 is 1. The van der Waals surface area contributed by atoms with Crippen molar-refractivity contribution in [3.63, 3.8) is 0 Å². The number of nitrogens with one attached hydrogen (secondary N) is 2. The smallest absolute Gasteiger partial charge is 0.339 e. The van der Waals surface area contributed by atoms with E-state index < -0.39 is 12.0 Å². The van der Waals surface area contributed by atoms with E-state index in [1.54, 1.807) is 30.5 Å². The largest absolute Gasteiger partial charge is 0.465 e. The number of hydrogen-bond donors (Lipinski definition) is 2. The minimum absolute atomic E-state index is 0.154. The zero-order chi connectivity index (χ0) is 23.4. The Kier molecular flexibility index (Phi) is 6.66. The molecule has 168 valence electrons. The number of amides is 2. The van der Waals surface area contributed by atoms with E-state index in [1.807, 2.05) is 19.1 Å². The highest BCUT2D eigenvalue weighted by atomic mass is 32.2. The minimum Gasteiger partial charge on any atom is -0.465 e. The highest BCUT2D eigenvalue weighted by molar-refractivity contribution is 8.00. The molecule has 0 atom stereocenters. The van der Waals surface area contributed by atoms with Crippen molar-refractivity contribution in [3.8, 4) is 0 Å². The van der Waals surface area contributed by atoms with Crippen LogP contribution in [-0.2, 0) is 10.5 Å². The summed E-state index contributed by atoms with van der Waals surface area (Å²) in [7, 11) is 1.27. The van der Waals surface area contributed by atoms with Crippen LogP contribution >= 0.6 is 23.1 Å². The van der Waals surface area contributed by atoms with Crippen molar-refractivity contribution in [1.82, 2.24) is 19.6 Å². The highest BCUT2D eigenvalue weighted by Gasteiger charge is 2.15. The fourth-order valence-electron chi connectivity index (χ4n) is 2.91. The van der Waals surface area contributed by atoms with Gasteiger partial charge in [-0.15, -0.1) is 10.2 Å². The topological polar surface area (TPSA) is 128 Å². The van der Waals surface area contributed by atoms with Gasteiger partial charge in [0.1, 0.15) is 5.65 Å². The SMILES string of the molecule is COC(=O)c1ccccc1NC(=O)Nc1nnc(SCc2cc(=O)n3ccc(C)cc3n2)s1. The van der Waals surface area contributed by atoms with Gasteiger partial charge in [-0.25, -0.2) is 14.6 Å². The van der Waals surface area contributed by atoms with Crippen LogP contribution < -0.4 is 16.2 Å². The van der Waals surface area contributed by atoms with E-state index in [1.165, 1.54) is 40.7 Å². The lowest BCUT2D eigenvalue weighted by atomic mass is 10.2. The molecule has 0 aliphatic carbocycles. The Bertz CT molecular complexity index is 1400. The minimum atomic E-state index is -0.571. The maximum atomic E-state index is 12.3. The van der Waals surface area contributed by atoms with Crippen LogP contribution in [0, 0.1) is 6.92 Å². The van der Waals surface area contributed by atoms with Crippen molar-refractivity contribution in [2.45, 2.75) is 17.0 Å². The average Bonchev–Trinajstić information content (AvgIpc) is 3.24. The molecule has 4 rings (SSSR count). The van der Waals surface area contributed by atoms with Gasteiger partial charge >= 0.3 is 12.0 Å². The molecule has 0 bridgehead atoms. The second kappa shape index (κ2) is 9.79. The molecule has 3 aromatic heterocycles. The Morgan fingerprint density at radius 2 is 1.97 bits per heavy atom. The number of urea groups is 1. The Morgan fingerprint density at radius 1 is 1.15 bits per heavy atom. The van der Waals surface area contributed by atoms with Crippen LogP contribution in [-0.4, -0.2) is 38.7 Å². The van der Waals surface area contributed by atoms with Crippen molar-refractivity contribution in [1.29, 1.82) is 0 Å². The molecule has 0 saturated carbocycles. The third-order valence-corrected chi connectivity index (χ3v) is 6.43. The number of nitrogens with zero attached hydrogens (tertiary/aromatic N) is 4. The number of pyridine rings is 1. The van der Waals surface area contributed by atoms with Gasteiger partial charge in [0.2, 0.25) is 5.13 Å². The lowest BCUT2D eigenvalue weighted by Gasteiger charge is -2.09. The maximum absolute atomic E-state index is 12.3. The highest BCUT2D eigenvalue weighted by Crippen LogP contribution is 2.28. The van der Waals surface area contributed by atoms with E-state index in [0.717, 1.165) is 5.56 Å². The Hall–Kier alpha value is -3.77. The normalized spacial score (nSPS) is 10.7. The van der Waals surface area contributed by atoms with Gasteiger partial charge < -0.3 is 10.1 Å². The van der Waals surface area contributed by atoms with Crippen molar-refractivity contribution in [2.75, 3.05) is 17.7 Å². The van der Waals surface area contributed by atoms with Crippen LogP contribution in [0.15, 0.2) is 57.8 Å². The molecule has 0 saturated heterocycles. The monoisotopic (exact) mass is 482 g/mol. The fraction of sp³-hybridized carbons (Fsp3) is 0.143. The molecule has 33 heavy (non-hydrogen) atoms. The predicted molar refractivity (Wildman–Crippen MR) is 126 cm³/mol. The summed E-state index contributed by atoms with van der Waals surface area (Å²) in [5.41, 5.74) is 2.61. The number of fused-ring (bicyclic) bond motifs is 1. The van der Waals surface area contributed by atoms with Crippen LogP contribution in [0.2, 0.25) is 0 Å². The number of anilines is 2. The molecule has 0 unspecified atom stereocenters. The summed E-state index contributed by atoms with van der Waals surface area (Å²) in [6.07, 6.45) is 1.70. The Morgan fingerprint density at radius 3 is 2.79 bits per heavy atom. The molecular weight excluding hydrogens is 464 g/mol. The van der Waals surface area contributed by atoms with Gasteiger partial charge in [-0.2, -0.15) is 0 Å². The third-order valence-electron chi connectivity index (χ3n) is 4.43. The van der Waals surface area contributed by atoms with Gasteiger partial charge in [0.05, 0.1) is 24.1 Å². The summed E-state index contributed by atoms with van der Waals surface area (Å²) in [6.45, 7) is 1.94. The van der Waals surface area contributed by atoms with Crippen LogP contribution in [0.25, 0.3) is 5.65 Å². The molecule has 12 heteroatoms. The summed E-state index contributed by atoms with van der Waals surface area (Å²) in [4.78, 5) is 41.0. The number of rotatable bonds is 6. The molecule has 0 fully saturated rings. The van der Waals surface area contributed by atoms with Gasteiger partial charge in [-0.3, -0.25) is 14.5 Å².